The van der Waals surface area contributed by atoms with Gasteiger partial charge in [-0.05, 0) is 36.2 Å². The first kappa shape index (κ1) is 17.1. The van der Waals surface area contributed by atoms with Crippen LogP contribution in [-0.4, -0.2) is 36.9 Å². The van der Waals surface area contributed by atoms with Crippen molar-refractivity contribution >= 4 is 17.5 Å². The monoisotopic (exact) mass is 340 g/mol. The molecule has 3 rings (SSSR count). The van der Waals surface area contributed by atoms with Crippen LogP contribution in [0, 0.1) is 11.7 Å². The number of hydrogen-bond donors (Lipinski definition) is 0. The van der Waals surface area contributed by atoms with Crippen LogP contribution in [-0.2, 0) is 16.0 Å². The number of anilines is 1. The van der Waals surface area contributed by atoms with Crippen LogP contribution in [0.1, 0.15) is 12.0 Å². The Hall–Kier alpha value is -2.69. The third-order valence-corrected chi connectivity index (χ3v) is 4.62. The summed E-state index contributed by atoms with van der Waals surface area (Å²) in [6.07, 6.45) is 0.904. The molecule has 0 radical (unpaired) electrons. The summed E-state index contributed by atoms with van der Waals surface area (Å²) in [5.41, 5.74) is 1.80. The normalized spacial score (nSPS) is 17.0. The number of halogens is 1. The van der Waals surface area contributed by atoms with Crippen molar-refractivity contribution in [1.82, 2.24) is 4.90 Å². The first-order valence-electron chi connectivity index (χ1n) is 8.39. The lowest BCUT2D eigenvalue weighted by Crippen LogP contribution is -2.35. The summed E-state index contributed by atoms with van der Waals surface area (Å²) >= 11 is 0. The van der Waals surface area contributed by atoms with Crippen LogP contribution >= 0.6 is 0 Å². The number of carbonyl (C=O) groups is 2. The molecule has 1 heterocycles. The highest BCUT2D eigenvalue weighted by atomic mass is 19.1. The molecule has 4 nitrogen and oxygen atoms in total. The van der Waals surface area contributed by atoms with E-state index in [0.717, 1.165) is 11.3 Å². The molecule has 0 bridgehead atoms. The van der Waals surface area contributed by atoms with Gasteiger partial charge in [-0.1, -0.05) is 30.3 Å². The third-order valence-electron chi connectivity index (χ3n) is 4.62. The number of hydrogen-bond acceptors (Lipinski definition) is 2. The van der Waals surface area contributed by atoms with E-state index in [-0.39, 0.29) is 30.0 Å². The molecule has 1 aliphatic rings. The Bertz CT molecular complexity index is 746. The Morgan fingerprint density at radius 2 is 1.84 bits per heavy atom. The number of benzene rings is 2. The highest BCUT2D eigenvalue weighted by Gasteiger charge is 2.35. The summed E-state index contributed by atoms with van der Waals surface area (Å²) in [6, 6.07) is 15.7. The lowest BCUT2D eigenvalue weighted by molar-refractivity contribution is -0.128. The summed E-state index contributed by atoms with van der Waals surface area (Å²) in [5.74, 6) is -0.618. The molecular weight excluding hydrogens is 319 g/mol. The van der Waals surface area contributed by atoms with Crippen molar-refractivity contribution in [2.45, 2.75) is 12.8 Å². The Balaban J connectivity index is 1.58. The zero-order valence-corrected chi connectivity index (χ0v) is 14.2. The Morgan fingerprint density at radius 1 is 1.16 bits per heavy atom. The average Bonchev–Trinajstić information content (AvgIpc) is 3.01. The van der Waals surface area contributed by atoms with Gasteiger partial charge in [0.15, 0.2) is 0 Å². The van der Waals surface area contributed by atoms with Crippen LogP contribution in [0.4, 0.5) is 10.1 Å². The minimum absolute atomic E-state index is 0.00178. The fourth-order valence-corrected chi connectivity index (χ4v) is 3.12. The second-order valence-electron chi connectivity index (χ2n) is 6.35. The SMILES string of the molecule is CN(C(=O)C1CC(=O)N(CCc2ccc(F)cc2)C1)c1ccccc1. The van der Waals surface area contributed by atoms with Crippen molar-refractivity contribution in [3.63, 3.8) is 0 Å². The van der Waals surface area contributed by atoms with Crippen LogP contribution in [0.3, 0.4) is 0 Å². The molecule has 1 atom stereocenters. The van der Waals surface area contributed by atoms with Gasteiger partial charge in [-0.15, -0.1) is 0 Å². The first-order valence-corrected chi connectivity index (χ1v) is 8.39. The van der Waals surface area contributed by atoms with Gasteiger partial charge >= 0.3 is 0 Å². The molecule has 0 aromatic heterocycles. The molecule has 1 unspecified atom stereocenters. The van der Waals surface area contributed by atoms with E-state index < -0.39 is 0 Å². The molecule has 0 aliphatic carbocycles. The van der Waals surface area contributed by atoms with Gasteiger partial charge in [-0.25, -0.2) is 4.39 Å². The summed E-state index contributed by atoms with van der Waals surface area (Å²) in [6.45, 7) is 0.985. The molecule has 25 heavy (non-hydrogen) atoms. The van der Waals surface area contributed by atoms with E-state index in [1.165, 1.54) is 12.1 Å². The third kappa shape index (κ3) is 4.05. The number of nitrogens with zero attached hydrogens (tertiary/aromatic N) is 2. The van der Waals surface area contributed by atoms with Crippen LogP contribution < -0.4 is 4.90 Å². The molecule has 1 aliphatic heterocycles. The maximum Gasteiger partial charge on any atom is 0.232 e. The van der Waals surface area contributed by atoms with Gasteiger partial charge in [0, 0.05) is 32.2 Å². The van der Waals surface area contributed by atoms with Crippen molar-refractivity contribution in [2.75, 3.05) is 25.0 Å². The topological polar surface area (TPSA) is 40.6 Å². The van der Waals surface area contributed by atoms with E-state index in [1.807, 2.05) is 30.3 Å². The Morgan fingerprint density at radius 3 is 2.52 bits per heavy atom. The maximum absolute atomic E-state index is 12.9. The molecular formula is C20H21FN2O2. The predicted octanol–water partition coefficient (Wildman–Crippen LogP) is 2.88. The number of para-hydroxylation sites is 1. The van der Waals surface area contributed by atoms with Gasteiger partial charge in [0.2, 0.25) is 11.8 Å². The standard InChI is InChI=1S/C20H21FN2O2/c1-22(18-5-3-2-4-6-18)20(25)16-13-19(24)23(14-16)12-11-15-7-9-17(21)10-8-15/h2-10,16H,11-14H2,1H3. The largest absolute Gasteiger partial charge is 0.342 e. The zero-order valence-electron chi connectivity index (χ0n) is 14.2. The minimum Gasteiger partial charge on any atom is -0.342 e. The molecule has 0 spiro atoms. The second-order valence-corrected chi connectivity index (χ2v) is 6.35. The number of rotatable bonds is 5. The van der Waals surface area contributed by atoms with Gasteiger partial charge in [-0.3, -0.25) is 9.59 Å². The second kappa shape index (κ2) is 7.47. The lowest BCUT2D eigenvalue weighted by atomic mass is 10.1. The van der Waals surface area contributed by atoms with E-state index in [1.54, 1.807) is 29.0 Å². The molecule has 1 fully saturated rings. The molecule has 0 saturated carbocycles. The Labute approximate surface area is 146 Å². The lowest BCUT2D eigenvalue weighted by Gasteiger charge is -2.21. The first-order chi connectivity index (χ1) is 12.0. The van der Waals surface area contributed by atoms with Gasteiger partial charge in [-0.2, -0.15) is 0 Å². The summed E-state index contributed by atoms with van der Waals surface area (Å²) in [7, 11) is 1.74. The smallest absolute Gasteiger partial charge is 0.232 e. The van der Waals surface area contributed by atoms with Gasteiger partial charge in [0.05, 0.1) is 5.92 Å². The highest BCUT2D eigenvalue weighted by molar-refractivity contribution is 5.98. The molecule has 2 aromatic rings. The van der Waals surface area contributed by atoms with E-state index in [2.05, 4.69) is 0 Å². The van der Waals surface area contributed by atoms with E-state index in [4.69, 9.17) is 0 Å². The fraction of sp³-hybridized carbons (Fsp3) is 0.300. The van der Waals surface area contributed by atoms with Crippen molar-refractivity contribution in [1.29, 1.82) is 0 Å². The van der Waals surface area contributed by atoms with E-state index in [9.17, 15) is 14.0 Å². The van der Waals surface area contributed by atoms with E-state index >= 15 is 0 Å². The zero-order chi connectivity index (χ0) is 17.8. The van der Waals surface area contributed by atoms with Gasteiger partial charge in [0.25, 0.3) is 0 Å². The summed E-state index contributed by atoms with van der Waals surface area (Å²) in [4.78, 5) is 28.2. The van der Waals surface area contributed by atoms with Crippen molar-refractivity contribution in [2.24, 2.45) is 5.92 Å². The summed E-state index contributed by atoms with van der Waals surface area (Å²) in [5, 5.41) is 0. The Kier molecular flexibility index (Phi) is 5.12. The van der Waals surface area contributed by atoms with Crippen LogP contribution in [0.25, 0.3) is 0 Å². The maximum atomic E-state index is 12.9. The van der Waals surface area contributed by atoms with Crippen LogP contribution in [0.5, 0.6) is 0 Å². The van der Waals surface area contributed by atoms with Crippen molar-refractivity contribution < 1.29 is 14.0 Å². The van der Waals surface area contributed by atoms with Gasteiger partial charge < -0.3 is 9.80 Å². The van der Waals surface area contributed by atoms with Crippen LogP contribution in [0.15, 0.2) is 54.6 Å². The molecule has 0 N–H and O–H groups in total. The minimum atomic E-state index is -0.314. The van der Waals surface area contributed by atoms with Crippen LogP contribution in [0.2, 0.25) is 0 Å². The molecule has 2 aromatic carbocycles. The molecule has 1 saturated heterocycles. The summed E-state index contributed by atoms with van der Waals surface area (Å²) < 4.78 is 12.9. The van der Waals surface area contributed by atoms with Crippen molar-refractivity contribution in [3.05, 3.63) is 66.0 Å². The molecule has 130 valence electrons. The number of amides is 2. The van der Waals surface area contributed by atoms with Crippen molar-refractivity contribution in [3.8, 4) is 0 Å². The highest BCUT2D eigenvalue weighted by Crippen LogP contribution is 2.23. The molecule has 2 amide bonds. The predicted molar refractivity (Wildman–Crippen MR) is 94.6 cm³/mol. The number of carbonyl (C=O) groups excluding carboxylic acids is 2. The quantitative estimate of drug-likeness (QED) is 0.840. The van der Waals surface area contributed by atoms with Gasteiger partial charge in [0.1, 0.15) is 5.82 Å². The van der Waals surface area contributed by atoms with E-state index in [0.29, 0.717) is 19.5 Å². The number of likely N-dealkylation sites (tertiary alicyclic amines) is 1. The average molecular weight is 340 g/mol. The fourth-order valence-electron chi connectivity index (χ4n) is 3.12. The molecule has 5 heteroatoms.